The second-order valence-electron chi connectivity index (χ2n) is 4.12. The van der Waals surface area contributed by atoms with Gasteiger partial charge < -0.3 is 5.32 Å². The molecular weight excluding hydrogens is 194 g/mol. The highest BCUT2D eigenvalue weighted by atomic mass is 35.5. The molecule has 0 bridgehead atoms. The van der Waals surface area contributed by atoms with Crippen LogP contribution in [0.25, 0.3) is 0 Å². The van der Waals surface area contributed by atoms with Gasteiger partial charge in [0.05, 0.1) is 0 Å². The van der Waals surface area contributed by atoms with E-state index in [4.69, 9.17) is 11.6 Å². The first-order valence-corrected chi connectivity index (χ1v) is 5.54. The summed E-state index contributed by atoms with van der Waals surface area (Å²) in [6.45, 7) is 6.42. The largest absolute Gasteiger partial charge is 0.316 e. The highest BCUT2D eigenvalue weighted by Gasteiger charge is 2.21. The van der Waals surface area contributed by atoms with Gasteiger partial charge in [-0.1, -0.05) is 23.7 Å². The van der Waals surface area contributed by atoms with E-state index < -0.39 is 0 Å². The van der Waals surface area contributed by atoms with Crippen molar-refractivity contribution in [3.8, 4) is 0 Å². The summed E-state index contributed by atoms with van der Waals surface area (Å²) in [6, 6.07) is 4.28. The summed E-state index contributed by atoms with van der Waals surface area (Å²) >= 11 is 6.35. The summed E-state index contributed by atoms with van der Waals surface area (Å²) in [4.78, 5) is 0. The zero-order valence-corrected chi connectivity index (χ0v) is 9.49. The van der Waals surface area contributed by atoms with Gasteiger partial charge in [-0.2, -0.15) is 0 Å². The monoisotopic (exact) mass is 209 g/mol. The second kappa shape index (κ2) is 3.92. The first-order valence-electron chi connectivity index (χ1n) is 5.16. The Morgan fingerprint density at radius 3 is 2.64 bits per heavy atom. The molecule has 1 aliphatic heterocycles. The lowest BCUT2D eigenvalue weighted by molar-refractivity contribution is 0.756. The van der Waals surface area contributed by atoms with E-state index in [1.165, 1.54) is 23.1 Å². The van der Waals surface area contributed by atoms with Gasteiger partial charge in [0.25, 0.3) is 0 Å². The zero-order valence-electron chi connectivity index (χ0n) is 8.73. The molecule has 1 heterocycles. The van der Waals surface area contributed by atoms with Crippen LogP contribution < -0.4 is 5.32 Å². The molecule has 0 radical (unpaired) electrons. The van der Waals surface area contributed by atoms with Gasteiger partial charge in [0, 0.05) is 11.6 Å². The fraction of sp³-hybridized carbons (Fsp3) is 0.500. The van der Waals surface area contributed by atoms with E-state index in [0.29, 0.717) is 5.92 Å². The Morgan fingerprint density at radius 1 is 1.29 bits per heavy atom. The summed E-state index contributed by atoms with van der Waals surface area (Å²) in [7, 11) is 0. The van der Waals surface area contributed by atoms with E-state index in [1.807, 2.05) is 0 Å². The Morgan fingerprint density at radius 2 is 2.00 bits per heavy atom. The van der Waals surface area contributed by atoms with Crippen LogP contribution in [0.2, 0.25) is 5.02 Å². The van der Waals surface area contributed by atoms with Crippen molar-refractivity contribution in [1.82, 2.24) is 5.32 Å². The van der Waals surface area contributed by atoms with E-state index in [1.54, 1.807) is 0 Å². The molecule has 1 atom stereocenters. The molecule has 1 saturated heterocycles. The molecule has 1 N–H and O–H groups in total. The van der Waals surface area contributed by atoms with Crippen molar-refractivity contribution in [2.45, 2.75) is 26.2 Å². The van der Waals surface area contributed by atoms with Gasteiger partial charge in [0.1, 0.15) is 0 Å². The molecular formula is C12H16ClN. The summed E-state index contributed by atoms with van der Waals surface area (Å²) in [5.74, 6) is 0.613. The Hall–Kier alpha value is -0.530. The number of nitrogens with one attached hydrogen (secondary N) is 1. The topological polar surface area (TPSA) is 12.0 Å². The number of hydrogen-bond acceptors (Lipinski definition) is 1. The minimum atomic E-state index is 0.613. The maximum absolute atomic E-state index is 6.35. The van der Waals surface area contributed by atoms with E-state index >= 15 is 0 Å². The van der Waals surface area contributed by atoms with Crippen LogP contribution in [0, 0.1) is 13.8 Å². The maximum atomic E-state index is 6.35. The highest BCUT2D eigenvalue weighted by molar-refractivity contribution is 6.32. The molecule has 0 saturated carbocycles. The van der Waals surface area contributed by atoms with Gasteiger partial charge in [-0.15, -0.1) is 0 Å². The molecule has 1 aromatic carbocycles. The molecule has 0 spiro atoms. The second-order valence-corrected chi connectivity index (χ2v) is 4.49. The predicted molar refractivity (Wildman–Crippen MR) is 61.2 cm³/mol. The van der Waals surface area contributed by atoms with E-state index in [9.17, 15) is 0 Å². The SMILES string of the molecule is Cc1ccc(C)c(C2CCNC2)c1Cl. The quantitative estimate of drug-likeness (QED) is 0.750. The molecule has 1 aliphatic rings. The van der Waals surface area contributed by atoms with Gasteiger partial charge in [-0.05, 0) is 49.4 Å². The van der Waals surface area contributed by atoms with Crippen LogP contribution in [0.15, 0.2) is 12.1 Å². The average molecular weight is 210 g/mol. The van der Waals surface area contributed by atoms with Crippen LogP contribution in [0.5, 0.6) is 0 Å². The third-order valence-electron chi connectivity index (χ3n) is 3.06. The van der Waals surface area contributed by atoms with E-state index in [2.05, 4.69) is 31.3 Å². The van der Waals surface area contributed by atoms with Crippen molar-refractivity contribution >= 4 is 11.6 Å². The maximum Gasteiger partial charge on any atom is 0.0473 e. The number of halogens is 1. The highest BCUT2D eigenvalue weighted by Crippen LogP contribution is 2.33. The van der Waals surface area contributed by atoms with Gasteiger partial charge in [0.15, 0.2) is 0 Å². The van der Waals surface area contributed by atoms with Crippen LogP contribution in [-0.2, 0) is 0 Å². The van der Waals surface area contributed by atoms with Crippen molar-refractivity contribution in [3.05, 3.63) is 33.8 Å². The smallest absolute Gasteiger partial charge is 0.0473 e. The van der Waals surface area contributed by atoms with Gasteiger partial charge in [-0.3, -0.25) is 0 Å². The molecule has 0 aromatic heterocycles. The summed E-state index contributed by atoms with van der Waals surface area (Å²) in [5, 5.41) is 4.36. The number of hydrogen-bond donors (Lipinski definition) is 1. The fourth-order valence-corrected chi connectivity index (χ4v) is 2.57. The van der Waals surface area contributed by atoms with Crippen LogP contribution in [0.1, 0.15) is 29.0 Å². The summed E-state index contributed by atoms with van der Waals surface area (Å²) < 4.78 is 0. The van der Waals surface area contributed by atoms with Crippen molar-refractivity contribution in [3.63, 3.8) is 0 Å². The molecule has 1 aromatic rings. The molecule has 0 amide bonds. The standard InChI is InChI=1S/C12H16ClN/c1-8-3-4-9(2)12(13)11(8)10-5-6-14-7-10/h3-4,10,14H,5-7H2,1-2H3. The zero-order chi connectivity index (χ0) is 10.1. The van der Waals surface area contributed by atoms with E-state index in [0.717, 1.165) is 18.1 Å². The minimum absolute atomic E-state index is 0.613. The van der Waals surface area contributed by atoms with Gasteiger partial charge >= 0.3 is 0 Å². The molecule has 2 rings (SSSR count). The summed E-state index contributed by atoms with van der Waals surface area (Å²) in [5.41, 5.74) is 3.88. The Balaban J connectivity index is 2.44. The lowest BCUT2D eigenvalue weighted by atomic mass is 9.92. The average Bonchev–Trinajstić information content (AvgIpc) is 2.65. The number of benzene rings is 1. The van der Waals surface area contributed by atoms with Crippen molar-refractivity contribution < 1.29 is 0 Å². The van der Waals surface area contributed by atoms with Crippen LogP contribution in [-0.4, -0.2) is 13.1 Å². The first kappa shape index (κ1) is 10.0. The molecule has 1 unspecified atom stereocenters. The van der Waals surface area contributed by atoms with Crippen LogP contribution >= 0.6 is 11.6 Å². The van der Waals surface area contributed by atoms with Crippen molar-refractivity contribution in [2.75, 3.05) is 13.1 Å². The van der Waals surface area contributed by atoms with Gasteiger partial charge in [-0.25, -0.2) is 0 Å². The lowest BCUT2D eigenvalue weighted by Gasteiger charge is -2.16. The Bertz CT molecular complexity index is 340. The minimum Gasteiger partial charge on any atom is -0.316 e. The Labute approximate surface area is 90.5 Å². The van der Waals surface area contributed by atoms with Crippen LogP contribution in [0.3, 0.4) is 0 Å². The van der Waals surface area contributed by atoms with Crippen LogP contribution in [0.4, 0.5) is 0 Å². The fourth-order valence-electron chi connectivity index (χ4n) is 2.20. The first-order chi connectivity index (χ1) is 6.70. The third-order valence-corrected chi connectivity index (χ3v) is 3.56. The summed E-state index contributed by atoms with van der Waals surface area (Å²) in [6.07, 6.45) is 1.21. The molecule has 2 heteroatoms. The molecule has 14 heavy (non-hydrogen) atoms. The molecule has 1 nitrogen and oxygen atoms in total. The number of rotatable bonds is 1. The molecule has 1 fully saturated rings. The Kier molecular flexibility index (Phi) is 2.80. The normalized spacial score (nSPS) is 21.5. The van der Waals surface area contributed by atoms with Gasteiger partial charge in [0.2, 0.25) is 0 Å². The molecule has 76 valence electrons. The predicted octanol–water partition coefficient (Wildman–Crippen LogP) is 3.03. The molecule has 0 aliphatic carbocycles. The van der Waals surface area contributed by atoms with Crippen molar-refractivity contribution in [2.24, 2.45) is 0 Å². The number of aryl methyl sites for hydroxylation is 2. The lowest BCUT2D eigenvalue weighted by Crippen LogP contribution is -2.09. The third kappa shape index (κ3) is 1.67. The van der Waals surface area contributed by atoms with E-state index in [-0.39, 0.29) is 0 Å². The van der Waals surface area contributed by atoms with Crippen molar-refractivity contribution in [1.29, 1.82) is 0 Å².